The average molecular weight is 423 g/mol. The summed E-state index contributed by atoms with van der Waals surface area (Å²) in [4.78, 5) is 21.7. The van der Waals surface area contributed by atoms with Crippen molar-refractivity contribution in [3.8, 4) is 11.3 Å². The van der Waals surface area contributed by atoms with Gasteiger partial charge in [-0.3, -0.25) is 0 Å². The SMILES string of the molecule is NCCCCc1c(-c2ccc(Cl)c(Cl)c2)[nH]c2ccccc12.O=C(O)C(=O)O. The highest BCUT2D eigenvalue weighted by Crippen LogP contribution is 2.34. The number of H-pyrrole nitrogens is 1. The zero-order valence-electron chi connectivity index (χ0n) is 14.9. The van der Waals surface area contributed by atoms with Crippen LogP contribution in [0.5, 0.6) is 0 Å². The summed E-state index contributed by atoms with van der Waals surface area (Å²) >= 11 is 12.2. The number of aromatic amines is 1. The van der Waals surface area contributed by atoms with Gasteiger partial charge >= 0.3 is 11.9 Å². The van der Waals surface area contributed by atoms with Crippen LogP contribution in [0.15, 0.2) is 42.5 Å². The van der Waals surface area contributed by atoms with Gasteiger partial charge in [0.05, 0.1) is 10.0 Å². The number of fused-ring (bicyclic) bond motifs is 1. The van der Waals surface area contributed by atoms with Gasteiger partial charge in [-0.1, -0.05) is 47.5 Å². The second-order valence-corrected chi connectivity index (χ2v) is 6.82. The van der Waals surface area contributed by atoms with Crippen molar-refractivity contribution < 1.29 is 19.8 Å². The van der Waals surface area contributed by atoms with Crippen LogP contribution in [0, 0.1) is 0 Å². The lowest BCUT2D eigenvalue weighted by Gasteiger charge is -2.06. The van der Waals surface area contributed by atoms with Crippen LogP contribution < -0.4 is 5.73 Å². The van der Waals surface area contributed by atoms with Gasteiger partial charge in [0.1, 0.15) is 0 Å². The molecular weight excluding hydrogens is 403 g/mol. The van der Waals surface area contributed by atoms with Gasteiger partial charge in [-0.25, -0.2) is 9.59 Å². The number of hydrogen-bond donors (Lipinski definition) is 4. The summed E-state index contributed by atoms with van der Waals surface area (Å²) in [7, 11) is 0. The molecule has 3 aromatic rings. The van der Waals surface area contributed by atoms with Crippen molar-refractivity contribution in [1.29, 1.82) is 0 Å². The van der Waals surface area contributed by atoms with Gasteiger partial charge in [0.15, 0.2) is 0 Å². The van der Waals surface area contributed by atoms with Crippen LogP contribution in [0.25, 0.3) is 22.2 Å². The number of para-hydroxylation sites is 1. The fourth-order valence-corrected chi connectivity index (χ4v) is 3.10. The third-order valence-electron chi connectivity index (χ3n) is 4.09. The standard InChI is InChI=1S/C18H18Cl2N2.C2H2O4/c19-15-9-8-12(11-16(15)20)18-14(6-3-4-10-21)13-5-1-2-7-17(13)22-18;3-1(4)2(5)6/h1-2,5,7-9,11,22H,3-4,6,10,21H2;(H,3,4)(H,5,6). The fourth-order valence-electron chi connectivity index (χ4n) is 2.80. The van der Waals surface area contributed by atoms with Gasteiger partial charge in [0.2, 0.25) is 0 Å². The van der Waals surface area contributed by atoms with Crippen molar-refractivity contribution in [3.05, 3.63) is 58.1 Å². The van der Waals surface area contributed by atoms with Crippen LogP contribution >= 0.6 is 23.2 Å². The number of carboxylic acids is 2. The average Bonchev–Trinajstić information content (AvgIpc) is 3.03. The lowest BCUT2D eigenvalue weighted by molar-refractivity contribution is -0.159. The zero-order chi connectivity index (χ0) is 20.7. The molecule has 0 bridgehead atoms. The molecule has 0 radical (unpaired) electrons. The van der Waals surface area contributed by atoms with Crippen LogP contribution in [-0.2, 0) is 16.0 Å². The van der Waals surface area contributed by atoms with Crippen LogP contribution in [0.3, 0.4) is 0 Å². The van der Waals surface area contributed by atoms with E-state index in [2.05, 4.69) is 23.2 Å². The molecule has 0 fully saturated rings. The summed E-state index contributed by atoms with van der Waals surface area (Å²) in [6, 6.07) is 14.1. The molecule has 6 nitrogen and oxygen atoms in total. The smallest absolute Gasteiger partial charge is 0.414 e. The summed E-state index contributed by atoms with van der Waals surface area (Å²) < 4.78 is 0. The maximum absolute atomic E-state index is 9.10. The van der Waals surface area contributed by atoms with Crippen LogP contribution in [0.2, 0.25) is 10.0 Å². The second kappa shape index (κ2) is 10.1. The van der Waals surface area contributed by atoms with Crippen LogP contribution in [0.4, 0.5) is 0 Å². The largest absolute Gasteiger partial charge is 0.473 e. The second-order valence-electron chi connectivity index (χ2n) is 6.01. The summed E-state index contributed by atoms with van der Waals surface area (Å²) in [5.74, 6) is -3.65. The Kier molecular flexibility index (Phi) is 7.87. The molecule has 0 saturated heterocycles. The molecule has 0 saturated carbocycles. The molecule has 0 amide bonds. The molecule has 8 heteroatoms. The van der Waals surface area contributed by atoms with Crippen molar-refractivity contribution in [2.45, 2.75) is 19.3 Å². The van der Waals surface area contributed by atoms with Crippen molar-refractivity contribution >= 4 is 46.0 Å². The van der Waals surface area contributed by atoms with Crippen molar-refractivity contribution in [2.75, 3.05) is 6.54 Å². The van der Waals surface area contributed by atoms with E-state index in [1.807, 2.05) is 24.3 Å². The van der Waals surface area contributed by atoms with Crippen LogP contribution in [0.1, 0.15) is 18.4 Å². The Hall–Kier alpha value is -2.54. The number of rotatable bonds is 5. The van der Waals surface area contributed by atoms with Gasteiger partial charge < -0.3 is 20.9 Å². The minimum absolute atomic E-state index is 0.575. The molecule has 3 rings (SSSR count). The quantitative estimate of drug-likeness (QED) is 0.354. The number of aromatic nitrogens is 1. The predicted octanol–water partition coefficient (Wildman–Crippen LogP) is 4.58. The number of halogens is 2. The Morgan fingerprint density at radius 1 is 0.964 bits per heavy atom. The molecule has 1 heterocycles. The number of unbranched alkanes of at least 4 members (excludes halogenated alkanes) is 1. The van der Waals surface area contributed by atoms with Gasteiger partial charge in [-0.15, -0.1) is 0 Å². The highest BCUT2D eigenvalue weighted by Gasteiger charge is 2.13. The molecule has 0 aliphatic rings. The van der Waals surface area contributed by atoms with E-state index in [0.717, 1.165) is 42.6 Å². The van der Waals surface area contributed by atoms with Crippen LogP contribution in [-0.4, -0.2) is 33.7 Å². The predicted molar refractivity (Wildman–Crippen MR) is 111 cm³/mol. The summed E-state index contributed by atoms with van der Waals surface area (Å²) in [5.41, 5.74) is 10.3. The molecule has 0 aliphatic carbocycles. The van der Waals surface area contributed by atoms with E-state index in [0.29, 0.717) is 10.0 Å². The lowest BCUT2D eigenvalue weighted by Crippen LogP contribution is -2.09. The molecular formula is C20H20Cl2N2O4. The first-order valence-corrected chi connectivity index (χ1v) is 9.32. The van der Waals surface area contributed by atoms with E-state index in [1.165, 1.54) is 10.9 Å². The number of carboxylic acid groups (broad SMARTS) is 2. The first-order valence-electron chi connectivity index (χ1n) is 8.56. The van der Waals surface area contributed by atoms with E-state index >= 15 is 0 Å². The Labute approximate surface area is 171 Å². The van der Waals surface area contributed by atoms with E-state index in [1.54, 1.807) is 0 Å². The van der Waals surface area contributed by atoms with E-state index < -0.39 is 11.9 Å². The van der Waals surface area contributed by atoms with Gasteiger partial charge in [-0.2, -0.15) is 0 Å². The zero-order valence-corrected chi connectivity index (χ0v) is 16.4. The Bertz CT molecular complexity index is 973. The third-order valence-corrected chi connectivity index (χ3v) is 4.82. The maximum Gasteiger partial charge on any atom is 0.414 e. The van der Waals surface area contributed by atoms with Gasteiger partial charge in [0.25, 0.3) is 0 Å². The number of aliphatic carboxylic acids is 2. The van der Waals surface area contributed by atoms with Crippen molar-refractivity contribution in [1.82, 2.24) is 4.98 Å². The number of nitrogens with two attached hydrogens (primary N) is 1. The Morgan fingerprint density at radius 2 is 1.64 bits per heavy atom. The number of aryl methyl sites for hydroxylation is 1. The molecule has 5 N–H and O–H groups in total. The first kappa shape index (κ1) is 21.8. The highest BCUT2D eigenvalue weighted by molar-refractivity contribution is 6.42. The molecule has 0 spiro atoms. The van der Waals surface area contributed by atoms with E-state index in [4.69, 9.17) is 48.7 Å². The molecule has 2 aromatic carbocycles. The van der Waals surface area contributed by atoms with E-state index in [-0.39, 0.29) is 0 Å². The third kappa shape index (κ3) is 5.48. The number of hydrogen-bond acceptors (Lipinski definition) is 3. The Morgan fingerprint density at radius 3 is 2.25 bits per heavy atom. The normalized spacial score (nSPS) is 10.4. The number of nitrogens with one attached hydrogen (secondary N) is 1. The molecule has 0 atom stereocenters. The minimum Gasteiger partial charge on any atom is -0.473 e. The summed E-state index contributed by atoms with van der Waals surface area (Å²) in [5, 5.41) is 17.2. The van der Waals surface area contributed by atoms with Gasteiger partial charge in [-0.05, 0) is 55.1 Å². The summed E-state index contributed by atoms with van der Waals surface area (Å²) in [6.45, 7) is 0.727. The maximum atomic E-state index is 9.10. The van der Waals surface area contributed by atoms with Crippen molar-refractivity contribution in [3.63, 3.8) is 0 Å². The van der Waals surface area contributed by atoms with Crippen molar-refractivity contribution in [2.24, 2.45) is 5.73 Å². The van der Waals surface area contributed by atoms with Gasteiger partial charge in [0, 0.05) is 16.6 Å². The lowest BCUT2D eigenvalue weighted by atomic mass is 10.0. The molecule has 148 valence electrons. The number of carbonyl (C=O) groups is 2. The number of benzene rings is 2. The summed E-state index contributed by atoms with van der Waals surface area (Å²) in [6.07, 6.45) is 3.10. The Balaban J connectivity index is 0.000000409. The topological polar surface area (TPSA) is 116 Å². The highest BCUT2D eigenvalue weighted by atomic mass is 35.5. The van der Waals surface area contributed by atoms with E-state index in [9.17, 15) is 0 Å². The minimum atomic E-state index is -1.82. The molecule has 0 unspecified atom stereocenters. The fraction of sp³-hybridized carbons (Fsp3) is 0.200. The molecule has 1 aromatic heterocycles. The monoisotopic (exact) mass is 422 g/mol. The molecule has 28 heavy (non-hydrogen) atoms. The molecule has 0 aliphatic heterocycles. The first-order chi connectivity index (χ1) is 13.3.